The summed E-state index contributed by atoms with van der Waals surface area (Å²) in [6.07, 6.45) is -4.47. The van der Waals surface area contributed by atoms with Gasteiger partial charge in [-0.25, -0.2) is 4.98 Å². The van der Waals surface area contributed by atoms with Crippen LogP contribution in [-0.4, -0.2) is 4.98 Å². The van der Waals surface area contributed by atoms with Crippen molar-refractivity contribution in [2.75, 3.05) is 5.32 Å². The van der Waals surface area contributed by atoms with Crippen molar-refractivity contribution in [2.45, 2.75) is 19.1 Å². The molecule has 0 bridgehead atoms. The van der Waals surface area contributed by atoms with E-state index in [0.29, 0.717) is 5.02 Å². The highest BCUT2D eigenvalue weighted by Gasteiger charge is 2.31. The number of hydrogen-bond donors (Lipinski definition) is 1. The van der Waals surface area contributed by atoms with Gasteiger partial charge in [-0.3, -0.25) is 0 Å². The molecule has 0 amide bonds. The van der Waals surface area contributed by atoms with Gasteiger partial charge >= 0.3 is 6.18 Å². The zero-order valence-electron chi connectivity index (χ0n) is 10.9. The molecule has 0 fully saturated rings. The van der Waals surface area contributed by atoms with Crippen molar-refractivity contribution in [1.82, 2.24) is 4.98 Å². The Labute approximate surface area is 129 Å². The molecular formula is C14H11Cl2F3N2. The molecule has 21 heavy (non-hydrogen) atoms. The molecule has 2 aromatic rings. The molecule has 7 heteroatoms. The average molecular weight is 335 g/mol. The molecule has 0 aliphatic rings. The monoisotopic (exact) mass is 334 g/mol. The second-order valence-corrected chi connectivity index (χ2v) is 5.30. The van der Waals surface area contributed by atoms with E-state index in [1.807, 2.05) is 0 Å². The van der Waals surface area contributed by atoms with Gasteiger partial charge in [0.25, 0.3) is 0 Å². The number of halogens is 5. The molecular weight excluding hydrogens is 324 g/mol. The Bertz CT molecular complexity index is 627. The van der Waals surface area contributed by atoms with Gasteiger partial charge in [-0.05, 0) is 36.8 Å². The molecule has 1 unspecified atom stereocenters. The number of nitrogens with one attached hydrogen (secondary N) is 1. The fraction of sp³-hybridized carbons (Fsp3) is 0.214. The topological polar surface area (TPSA) is 24.9 Å². The van der Waals surface area contributed by atoms with Crippen LogP contribution in [0.3, 0.4) is 0 Å². The number of nitrogens with zero attached hydrogens (tertiary/aromatic N) is 1. The van der Waals surface area contributed by atoms with E-state index in [4.69, 9.17) is 23.2 Å². The Morgan fingerprint density at radius 1 is 1.10 bits per heavy atom. The SMILES string of the molecule is CC(Nc1cc(C(F)(F)F)cc(Cl)n1)c1ccc(Cl)cc1. The summed E-state index contributed by atoms with van der Waals surface area (Å²) in [7, 11) is 0. The number of hydrogen-bond acceptors (Lipinski definition) is 2. The van der Waals surface area contributed by atoms with Gasteiger partial charge in [0.2, 0.25) is 0 Å². The van der Waals surface area contributed by atoms with Gasteiger partial charge in [0.1, 0.15) is 11.0 Å². The van der Waals surface area contributed by atoms with Crippen LogP contribution in [0.4, 0.5) is 19.0 Å². The number of aromatic nitrogens is 1. The molecule has 2 nitrogen and oxygen atoms in total. The summed E-state index contributed by atoms with van der Waals surface area (Å²) in [5.41, 5.74) is 0.0306. The molecule has 0 aliphatic heterocycles. The first-order valence-corrected chi connectivity index (χ1v) is 6.78. The summed E-state index contributed by atoms with van der Waals surface area (Å²) in [5, 5.41) is 3.27. The molecule has 0 saturated carbocycles. The highest BCUT2D eigenvalue weighted by molar-refractivity contribution is 6.30. The van der Waals surface area contributed by atoms with Gasteiger partial charge in [-0.2, -0.15) is 13.2 Å². The molecule has 1 aromatic carbocycles. The number of pyridine rings is 1. The minimum absolute atomic E-state index is 0.0669. The van der Waals surface area contributed by atoms with Crippen molar-refractivity contribution in [3.63, 3.8) is 0 Å². The van der Waals surface area contributed by atoms with Gasteiger partial charge in [-0.15, -0.1) is 0 Å². The lowest BCUT2D eigenvalue weighted by atomic mass is 10.1. The fourth-order valence-electron chi connectivity index (χ4n) is 1.79. The van der Waals surface area contributed by atoms with E-state index < -0.39 is 11.7 Å². The van der Waals surface area contributed by atoms with E-state index in [0.717, 1.165) is 17.7 Å². The normalized spacial score (nSPS) is 13.0. The minimum atomic E-state index is -4.47. The second-order valence-electron chi connectivity index (χ2n) is 4.48. The van der Waals surface area contributed by atoms with Crippen LogP contribution in [0, 0.1) is 0 Å². The largest absolute Gasteiger partial charge is 0.416 e. The summed E-state index contributed by atoms with van der Waals surface area (Å²) in [6, 6.07) is 8.47. The lowest BCUT2D eigenvalue weighted by molar-refractivity contribution is -0.137. The molecule has 1 atom stereocenters. The van der Waals surface area contributed by atoms with Crippen LogP contribution in [0.1, 0.15) is 24.1 Å². The maximum absolute atomic E-state index is 12.7. The van der Waals surface area contributed by atoms with E-state index >= 15 is 0 Å². The van der Waals surface area contributed by atoms with Crippen molar-refractivity contribution in [2.24, 2.45) is 0 Å². The number of anilines is 1. The average Bonchev–Trinajstić information content (AvgIpc) is 2.37. The predicted molar refractivity (Wildman–Crippen MR) is 77.7 cm³/mol. The molecule has 0 spiro atoms. The van der Waals surface area contributed by atoms with Crippen molar-refractivity contribution >= 4 is 29.0 Å². The molecule has 2 rings (SSSR count). The standard InChI is InChI=1S/C14H11Cl2F3N2/c1-8(9-2-4-11(15)5-3-9)20-13-7-10(14(17,18)19)6-12(16)21-13/h2-8H,1H3,(H,20,21). The summed E-state index contributed by atoms with van der Waals surface area (Å²) in [4.78, 5) is 3.86. The van der Waals surface area contributed by atoms with Crippen molar-refractivity contribution in [3.8, 4) is 0 Å². The Hall–Kier alpha value is -1.46. The smallest absolute Gasteiger partial charge is 0.363 e. The Morgan fingerprint density at radius 3 is 2.29 bits per heavy atom. The molecule has 0 saturated heterocycles. The summed E-state index contributed by atoms with van der Waals surface area (Å²) < 4.78 is 38.2. The highest BCUT2D eigenvalue weighted by atomic mass is 35.5. The van der Waals surface area contributed by atoms with Gasteiger partial charge in [0, 0.05) is 11.1 Å². The van der Waals surface area contributed by atoms with Crippen molar-refractivity contribution in [3.05, 3.63) is 57.7 Å². The van der Waals surface area contributed by atoms with E-state index in [2.05, 4.69) is 10.3 Å². The van der Waals surface area contributed by atoms with E-state index in [1.165, 1.54) is 0 Å². The van der Waals surface area contributed by atoms with Crippen molar-refractivity contribution in [1.29, 1.82) is 0 Å². The van der Waals surface area contributed by atoms with E-state index in [-0.39, 0.29) is 17.0 Å². The van der Waals surface area contributed by atoms with Gasteiger partial charge in [0.05, 0.1) is 5.56 Å². The molecule has 0 aliphatic carbocycles. The highest BCUT2D eigenvalue weighted by Crippen LogP contribution is 2.32. The van der Waals surface area contributed by atoms with Gasteiger partial charge < -0.3 is 5.32 Å². The molecule has 1 N–H and O–H groups in total. The predicted octanol–water partition coefficient (Wildman–Crippen LogP) is 5.58. The first-order valence-electron chi connectivity index (χ1n) is 6.02. The van der Waals surface area contributed by atoms with E-state index in [1.54, 1.807) is 31.2 Å². The zero-order valence-corrected chi connectivity index (χ0v) is 12.4. The summed E-state index contributed by atoms with van der Waals surface area (Å²) in [5.74, 6) is 0.0669. The third-order valence-electron chi connectivity index (χ3n) is 2.86. The van der Waals surface area contributed by atoms with Crippen LogP contribution < -0.4 is 5.32 Å². The van der Waals surface area contributed by atoms with Crippen LogP contribution in [-0.2, 0) is 6.18 Å². The summed E-state index contributed by atoms with van der Waals surface area (Å²) in [6.45, 7) is 1.80. The van der Waals surface area contributed by atoms with Crippen LogP contribution in [0.2, 0.25) is 10.2 Å². The Balaban J connectivity index is 2.23. The zero-order chi connectivity index (χ0) is 15.6. The Morgan fingerprint density at radius 2 is 1.71 bits per heavy atom. The third-order valence-corrected chi connectivity index (χ3v) is 3.30. The van der Waals surface area contributed by atoms with Crippen LogP contribution in [0.15, 0.2) is 36.4 Å². The minimum Gasteiger partial charge on any atom is -0.363 e. The lowest BCUT2D eigenvalue weighted by Crippen LogP contribution is -2.11. The number of rotatable bonds is 3. The first kappa shape index (κ1) is 15.9. The third kappa shape index (κ3) is 4.25. The first-order chi connectivity index (χ1) is 9.75. The molecule has 1 heterocycles. The lowest BCUT2D eigenvalue weighted by Gasteiger charge is -2.16. The van der Waals surface area contributed by atoms with Crippen LogP contribution >= 0.6 is 23.2 Å². The van der Waals surface area contributed by atoms with Crippen LogP contribution in [0.5, 0.6) is 0 Å². The molecule has 0 radical (unpaired) electrons. The molecule has 112 valence electrons. The summed E-state index contributed by atoms with van der Waals surface area (Å²) >= 11 is 11.4. The molecule has 1 aromatic heterocycles. The number of alkyl halides is 3. The second kappa shape index (κ2) is 6.12. The van der Waals surface area contributed by atoms with E-state index in [9.17, 15) is 13.2 Å². The number of benzene rings is 1. The van der Waals surface area contributed by atoms with Crippen LogP contribution in [0.25, 0.3) is 0 Å². The quantitative estimate of drug-likeness (QED) is 0.741. The maximum atomic E-state index is 12.7. The van der Waals surface area contributed by atoms with Gasteiger partial charge in [0.15, 0.2) is 0 Å². The van der Waals surface area contributed by atoms with Gasteiger partial charge in [-0.1, -0.05) is 35.3 Å². The maximum Gasteiger partial charge on any atom is 0.416 e. The fourth-order valence-corrected chi connectivity index (χ4v) is 2.13. The van der Waals surface area contributed by atoms with Crippen molar-refractivity contribution < 1.29 is 13.2 Å². The Kier molecular flexibility index (Phi) is 4.64.